The molecule has 1 aromatic heterocycles. The molecule has 3 rings (SSSR count). The molecule has 0 fully saturated rings. The molecule has 1 unspecified atom stereocenters. The van der Waals surface area contributed by atoms with Gasteiger partial charge in [0.25, 0.3) is 5.79 Å². The molecule has 2 heterocycles. The number of aliphatic hydroxyl groups is 1. The van der Waals surface area contributed by atoms with Gasteiger partial charge in [0.1, 0.15) is 5.69 Å². The topological polar surface area (TPSA) is 51.6 Å². The molecule has 18 heavy (non-hydrogen) atoms. The first-order valence-electron chi connectivity index (χ1n) is 5.43. The Bertz CT molecular complexity index is 576. The maximum Gasteiger partial charge on any atom is 0.286 e. The van der Waals surface area contributed by atoms with Crippen LogP contribution < -0.4 is 9.47 Å². The maximum absolute atomic E-state index is 10.4. The van der Waals surface area contributed by atoms with Gasteiger partial charge in [0.2, 0.25) is 0 Å². The molecular formula is C13H10BrNO3. The van der Waals surface area contributed by atoms with E-state index < -0.39 is 5.79 Å². The predicted molar refractivity (Wildman–Crippen MR) is 68.4 cm³/mol. The van der Waals surface area contributed by atoms with Crippen LogP contribution in [0.25, 0.3) is 0 Å². The van der Waals surface area contributed by atoms with E-state index in [9.17, 15) is 5.11 Å². The molecular weight excluding hydrogens is 298 g/mol. The van der Waals surface area contributed by atoms with Gasteiger partial charge in [0, 0.05) is 10.7 Å². The third kappa shape index (κ3) is 1.95. The van der Waals surface area contributed by atoms with Crippen LogP contribution in [0.15, 0.2) is 47.1 Å². The lowest BCUT2D eigenvalue weighted by Gasteiger charge is -2.33. The van der Waals surface area contributed by atoms with Gasteiger partial charge in [-0.3, -0.25) is 4.98 Å². The molecule has 4 nitrogen and oxygen atoms in total. The van der Waals surface area contributed by atoms with E-state index in [-0.39, 0.29) is 6.61 Å². The lowest BCUT2D eigenvalue weighted by Crippen LogP contribution is -2.42. The monoisotopic (exact) mass is 307 g/mol. The van der Waals surface area contributed by atoms with E-state index in [0.717, 1.165) is 4.47 Å². The quantitative estimate of drug-likeness (QED) is 0.879. The molecule has 5 heteroatoms. The van der Waals surface area contributed by atoms with E-state index in [2.05, 4.69) is 20.9 Å². The minimum Gasteiger partial charge on any atom is -0.482 e. The number of hydrogen-bond acceptors (Lipinski definition) is 4. The molecule has 1 aromatic carbocycles. The van der Waals surface area contributed by atoms with Gasteiger partial charge >= 0.3 is 0 Å². The number of ether oxygens (including phenoxy) is 2. The number of hydrogen-bond donors (Lipinski definition) is 1. The lowest BCUT2D eigenvalue weighted by atomic mass is 10.1. The standard InChI is InChI=1S/C13H10BrNO3/c14-9-4-5-10-11(7-9)17-8-13(16,18-10)12-3-1-2-6-15-12/h1-7,16H,8H2. The van der Waals surface area contributed by atoms with Gasteiger partial charge in [0.05, 0.1) is 0 Å². The Hall–Kier alpha value is -1.59. The Kier molecular flexibility index (Phi) is 2.72. The molecule has 0 bridgehead atoms. The van der Waals surface area contributed by atoms with Crippen molar-refractivity contribution in [2.75, 3.05) is 6.61 Å². The van der Waals surface area contributed by atoms with Crippen LogP contribution in [0.3, 0.4) is 0 Å². The van der Waals surface area contributed by atoms with Crippen molar-refractivity contribution in [3.05, 3.63) is 52.8 Å². The van der Waals surface area contributed by atoms with Gasteiger partial charge in [-0.2, -0.15) is 0 Å². The molecule has 1 aliphatic heterocycles. The van der Waals surface area contributed by atoms with Crippen molar-refractivity contribution in [2.45, 2.75) is 5.79 Å². The van der Waals surface area contributed by atoms with Crippen molar-refractivity contribution in [3.63, 3.8) is 0 Å². The van der Waals surface area contributed by atoms with Crippen molar-refractivity contribution in [2.24, 2.45) is 0 Å². The molecule has 0 spiro atoms. The molecule has 1 atom stereocenters. The zero-order chi connectivity index (χ0) is 12.6. The van der Waals surface area contributed by atoms with Crippen LogP contribution in [0.5, 0.6) is 11.5 Å². The first-order valence-corrected chi connectivity index (χ1v) is 6.22. The highest BCUT2D eigenvalue weighted by molar-refractivity contribution is 9.10. The van der Waals surface area contributed by atoms with Crippen LogP contribution >= 0.6 is 15.9 Å². The van der Waals surface area contributed by atoms with E-state index in [1.54, 1.807) is 36.5 Å². The first-order chi connectivity index (χ1) is 8.67. The normalized spacial score (nSPS) is 21.7. The fraction of sp³-hybridized carbons (Fsp3) is 0.154. The highest BCUT2D eigenvalue weighted by Gasteiger charge is 2.38. The number of pyridine rings is 1. The van der Waals surface area contributed by atoms with E-state index in [1.807, 2.05) is 6.07 Å². The zero-order valence-electron chi connectivity index (χ0n) is 9.34. The minimum atomic E-state index is -1.54. The van der Waals surface area contributed by atoms with E-state index in [1.165, 1.54) is 0 Å². The molecule has 1 N–H and O–H groups in total. The average Bonchev–Trinajstić information content (AvgIpc) is 2.40. The van der Waals surface area contributed by atoms with Crippen LogP contribution in [0.4, 0.5) is 0 Å². The van der Waals surface area contributed by atoms with Crippen LogP contribution in [0, 0.1) is 0 Å². The van der Waals surface area contributed by atoms with E-state index in [4.69, 9.17) is 9.47 Å². The first kappa shape index (κ1) is 11.5. The van der Waals surface area contributed by atoms with Crippen LogP contribution in [0.1, 0.15) is 5.69 Å². The van der Waals surface area contributed by atoms with Gasteiger partial charge < -0.3 is 14.6 Å². The molecule has 1 aliphatic rings. The second-order valence-electron chi connectivity index (χ2n) is 3.98. The van der Waals surface area contributed by atoms with Crippen LogP contribution in [-0.4, -0.2) is 16.7 Å². The SMILES string of the molecule is OC1(c2ccccn2)COc2cc(Br)ccc2O1. The molecule has 2 aromatic rings. The Morgan fingerprint density at radius 2 is 2.11 bits per heavy atom. The van der Waals surface area contributed by atoms with Gasteiger partial charge in [-0.15, -0.1) is 0 Å². The third-order valence-corrected chi connectivity index (χ3v) is 3.17. The van der Waals surface area contributed by atoms with Gasteiger partial charge in [0.15, 0.2) is 18.1 Å². The number of rotatable bonds is 1. The van der Waals surface area contributed by atoms with Crippen molar-refractivity contribution in [3.8, 4) is 11.5 Å². The number of aromatic nitrogens is 1. The fourth-order valence-electron chi connectivity index (χ4n) is 1.79. The van der Waals surface area contributed by atoms with E-state index >= 15 is 0 Å². The summed E-state index contributed by atoms with van der Waals surface area (Å²) < 4.78 is 12.0. The summed E-state index contributed by atoms with van der Waals surface area (Å²) in [5.41, 5.74) is 0.429. The van der Waals surface area contributed by atoms with Gasteiger partial charge in [-0.05, 0) is 30.3 Å². The molecule has 0 amide bonds. The van der Waals surface area contributed by atoms with Gasteiger partial charge in [-0.1, -0.05) is 22.0 Å². The van der Waals surface area contributed by atoms with Crippen molar-refractivity contribution < 1.29 is 14.6 Å². The zero-order valence-corrected chi connectivity index (χ0v) is 10.9. The minimum absolute atomic E-state index is 0.00741. The number of nitrogens with zero attached hydrogens (tertiary/aromatic N) is 1. The summed E-state index contributed by atoms with van der Waals surface area (Å²) in [5, 5.41) is 10.4. The molecule has 0 saturated carbocycles. The highest BCUT2D eigenvalue weighted by Crippen LogP contribution is 2.39. The van der Waals surface area contributed by atoms with E-state index in [0.29, 0.717) is 17.2 Å². The summed E-state index contributed by atoms with van der Waals surface area (Å²) in [6.45, 7) is 0.00741. The summed E-state index contributed by atoms with van der Waals surface area (Å²) in [6.07, 6.45) is 1.60. The lowest BCUT2D eigenvalue weighted by molar-refractivity contribution is -0.185. The Morgan fingerprint density at radius 1 is 1.22 bits per heavy atom. The summed E-state index contributed by atoms with van der Waals surface area (Å²) in [4.78, 5) is 4.10. The van der Waals surface area contributed by atoms with Gasteiger partial charge in [-0.25, -0.2) is 0 Å². The average molecular weight is 308 g/mol. The Balaban J connectivity index is 1.97. The summed E-state index contributed by atoms with van der Waals surface area (Å²) >= 11 is 3.35. The Labute approximate surface area is 112 Å². The number of halogens is 1. The molecule has 92 valence electrons. The third-order valence-electron chi connectivity index (χ3n) is 2.67. The predicted octanol–water partition coefficient (Wildman–Crippen LogP) is 2.46. The number of benzene rings is 1. The second kappa shape index (κ2) is 4.26. The smallest absolute Gasteiger partial charge is 0.286 e. The molecule has 0 aliphatic carbocycles. The summed E-state index contributed by atoms with van der Waals surface area (Å²) in [5.74, 6) is -0.440. The van der Waals surface area contributed by atoms with Crippen LogP contribution in [-0.2, 0) is 5.79 Å². The number of fused-ring (bicyclic) bond motifs is 1. The second-order valence-corrected chi connectivity index (χ2v) is 4.90. The summed E-state index contributed by atoms with van der Waals surface area (Å²) in [7, 11) is 0. The van der Waals surface area contributed by atoms with Crippen molar-refractivity contribution in [1.82, 2.24) is 4.98 Å². The Morgan fingerprint density at radius 3 is 2.89 bits per heavy atom. The highest BCUT2D eigenvalue weighted by atomic mass is 79.9. The summed E-state index contributed by atoms with van der Waals surface area (Å²) in [6, 6.07) is 10.6. The largest absolute Gasteiger partial charge is 0.482 e. The van der Waals surface area contributed by atoms with Crippen molar-refractivity contribution >= 4 is 15.9 Å². The molecule has 0 saturated heterocycles. The maximum atomic E-state index is 10.4. The fourth-order valence-corrected chi connectivity index (χ4v) is 2.13. The van der Waals surface area contributed by atoms with Crippen molar-refractivity contribution in [1.29, 1.82) is 0 Å². The molecule has 0 radical (unpaired) electrons. The van der Waals surface area contributed by atoms with Crippen LogP contribution in [0.2, 0.25) is 0 Å².